The molecule has 0 aromatic carbocycles. The van der Waals surface area contributed by atoms with Crippen LogP contribution in [0.3, 0.4) is 0 Å². The van der Waals surface area contributed by atoms with E-state index in [0.717, 1.165) is 16.7 Å². The van der Waals surface area contributed by atoms with Crippen molar-refractivity contribution in [1.29, 1.82) is 0 Å². The van der Waals surface area contributed by atoms with Gasteiger partial charge in [-0.15, -0.1) is 0 Å². The van der Waals surface area contributed by atoms with Crippen LogP contribution < -0.4 is 0 Å². The summed E-state index contributed by atoms with van der Waals surface area (Å²) in [5, 5.41) is -0.587. The lowest BCUT2D eigenvalue weighted by Crippen LogP contribution is -2.69. The van der Waals surface area contributed by atoms with Crippen molar-refractivity contribution in [3.05, 3.63) is 35.5 Å². The largest absolute Gasteiger partial charge is 0.461 e. The molecule has 5 fully saturated rings. The highest BCUT2D eigenvalue weighted by Gasteiger charge is 2.59. The maximum Gasteiger partial charge on any atom is 0.308 e. The molecule has 21 heteroatoms. The van der Waals surface area contributed by atoms with Gasteiger partial charge in [0.1, 0.15) is 37.1 Å². The first-order chi connectivity index (χ1) is 39.1. The van der Waals surface area contributed by atoms with E-state index >= 15 is 4.79 Å². The summed E-state index contributed by atoms with van der Waals surface area (Å²) < 4.78 is 102. The van der Waals surface area contributed by atoms with Crippen LogP contribution >= 0.6 is 16.9 Å². The average molecular weight is 1270 g/mol. The zero-order valence-corrected chi connectivity index (χ0v) is 59.1. The van der Waals surface area contributed by atoms with Crippen LogP contribution in [0.15, 0.2) is 35.5 Å². The van der Waals surface area contributed by atoms with Gasteiger partial charge in [0.15, 0.2) is 47.7 Å². The predicted molar refractivity (Wildman–Crippen MR) is 334 cm³/mol. The zero-order valence-electron chi connectivity index (χ0n) is 54.3. The van der Waals surface area contributed by atoms with Crippen LogP contribution in [0, 0.1) is 5.92 Å². The summed E-state index contributed by atoms with van der Waals surface area (Å²) in [5.41, 5.74) is 2.52. The smallest absolute Gasteiger partial charge is 0.308 e. The Bertz CT molecular complexity index is 2400. The molecule has 0 spiro atoms. The fourth-order valence-corrected chi connectivity index (χ4v) is 17.3. The van der Waals surface area contributed by atoms with Gasteiger partial charge in [0, 0.05) is 31.3 Å². The zero-order chi connectivity index (χ0) is 62.1. The van der Waals surface area contributed by atoms with Gasteiger partial charge in [-0.2, -0.15) is 0 Å². The molecule has 9 heterocycles. The number of ether oxygens (including phenoxy) is 8. The number of carbonyl (C=O) groups excluding carboxylic acids is 3. The van der Waals surface area contributed by atoms with Crippen molar-refractivity contribution >= 4 is 59.6 Å². The predicted octanol–water partition coefficient (Wildman–Crippen LogP) is 13.9. The molecule has 84 heavy (non-hydrogen) atoms. The highest BCUT2D eigenvalue weighted by atomic mass is 31.1. The molecule has 0 amide bonds. The molecule has 9 aliphatic heterocycles. The molecule has 0 N–H and O–H groups in total. The van der Waals surface area contributed by atoms with Crippen molar-refractivity contribution in [3.8, 4) is 0 Å². The average Bonchev–Trinajstić information content (AvgIpc) is 1.05. The molecule has 0 aromatic rings. The Kier molecular flexibility index (Phi) is 23.5. The van der Waals surface area contributed by atoms with Crippen LogP contribution in [0.5, 0.6) is 0 Å². The van der Waals surface area contributed by atoms with E-state index in [2.05, 4.69) is 115 Å². The van der Waals surface area contributed by atoms with Crippen molar-refractivity contribution in [2.24, 2.45) is 5.92 Å². The molecular weight excluding hydrogens is 1160 g/mol. The summed E-state index contributed by atoms with van der Waals surface area (Å²) in [5.74, 6) is -1.19. The third-order valence-corrected chi connectivity index (χ3v) is 35.3. The van der Waals surface area contributed by atoms with Crippen molar-refractivity contribution in [2.45, 2.75) is 324 Å². The second-order valence-electron chi connectivity index (χ2n) is 29.9. The molecule has 0 saturated carbocycles. The summed E-state index contributed by atoms with van der Waals surface area (Å²) in [4.78, 5) is 42.0. The number of ketones is 1. The Hall–Kier alpha value is -1.68. The fourth-order valence-electron chi connectivity index (χ4n) is 12.4. The summed E-state index contributed by atoms with van der Waals surface area (Å²) in [7, 11) is -7.94. The number of rotatable bonds is 13. The van der Waals surface area contributed by atoms with Gasteiger partial charge in [-0.3, -0.25) is 23.5 Å². The van der Waals surface area contributed by atoms with Crippen molar-refractivity contribution in [3.63, 3.8) is 0 Å². The SMILES string of the molecule is C=C1CC2CCC(=O)/C=C/[C@H](O[Si](C)(C)C(C)(C)C)C3O[C@H]4CCC(CC(=O)O[C@@H]5[C@@H](C)[C@@H]6O[C@H](CCP=O)[C@H](P=O)C[C@@H]6O[C@H]5CC5OC(CC[C@@H]1O2)CC(C)=C5COC(=O)CC)O[C@@H]4[C@H](O[Si](C)(C)C(C)(C)C)[C@@H]3O[Si](C)(C)C(C)(C)C. The van der Waals surface area contributed by atoms with Gasteiger partial charge in [-0.25, -0.2) is 0 Å². The number of allylic oxidation sites excluding steroid dienone is 1. The number of hydrogen-bond donors (Lipinski definition) is 0. The molecule has 5 saturated heterocycles. The van der Waals surface area contributed by atoms with E-state index in [1.165, 1.54) is 0 Å². The first kappa shape index (κ1) is 69.8. The van der Waals surface area contributed by atoms with E-state index in [9.17, 15) is 18.7 Å². The van der Waals surface area contributed by atoms with Crippen LogP contribution in [0.1, 0.15) is 167 Å². The van der Waals surface area contributed by atoms with Gasteiger partial charge in [0.2, 0.25) is 0 Å². The molecule has 476 valence electrons. The van der Waals surface area contributed by atoms with E-state index in [0.29, 0.717) is 63.9 Å². The van der Waals surface area contributed by atoms with Gasteiger partial charge in [-0.05, 0) is 136 Å². The standard InChI is InChI=1S/C63H106O16P2Si3/c1-20-53(65)69-36-44-37(2)31-42-24-27-45-38(3)32-41(70-45)23-21-40(64)22-26-48(77-82(14,15)61(5,6)7)58-60(79-84(18,19)63(11,12)13)59(78-83(16,17)62(8,9)10)57-47(75-58)28-25-43(72-57)33-54(66)76-56-39(4)55-51(73-50(56)34-49(44)71-42)35-52(81-68)46(74-55)29-30-80-67/h22,26,39,41-43,45-52,55-60H,3,20-21,23-25,27-36H2,1-2,4-19H3/b26-22+/t39-,41?,42?,43?,45-,46+,47-,48-,49?,50-,51-,52+,55-,56+,57-,58?,59-,60+/m0/s1. The Morgan fingerprint density at radius 2 is 1.25 bits per heavy atom. The van der Waals surface area contributed by atoms with Gasteiger partial charge >= 0.3 is 11.9 Å². The highest BCUT2D eigenvalue weighted by Crippen LogP contribution is 2.49. The van der Waals surface area contributed by atoms with Crippen LogP contribution in [0.4, 0.5) is 0 Å². The first-order valence-electron chi connectivity index (χ1n) is 31.6. The Morgan fingerprint density at radius 1 is 0.667 bits per heavy atom. The Balaban J connectivity index is 1.32. The maximum absolute atomic E-state index is 15.0. The maximum atomic E-state index is 15.0. The van der Waals surface area contributed by atoms with Gasteiger partial charge in [0.05, 0.1) is 79.2 Å². The topological polar surface area (TPSA) is 187 Å². The lowest BCUT2D eigenvalue weighted by Gasteiger charge is -2.56. The lowest BCUT2D eigenvalue weighted by molar-refractivity contribution is -0.269. The second-order valence-corrected chi connectivity index (χ2v) is 45.8. The molecule has 9 aliphatic rings. The number of esters is 2. The Morgan fingerprint density at radius 3 is 1.87 bits per heavy atom. The van der Waals surface area contributed by atoms with Crippen molar-refractivity contribution in [1.82, 2.24) is 0 Å². The van der Waals surface area contributed by atoms with Crippen LogP contribution in [0.25, 0.3) is 0 Å². The van der Waals surface area contributed by atoms with E-state index in [-0.39, 0.29) is 106 Å². The van der Waals surface area contributed by atoms with Gasteiger partial charge in [0.25, 0.3) is 0 Å². The van der Waals surface area contributed by atoms with E-state index in [4.69, 9.17) is 51.2 Å². The number of fused-ring (bicyclic) bond motifs is 3. The molecular formula is C63H106O16P2Si3. The van der Waals surface area contributed by atoms with Crippen molar-refractivity contribution < 1.29 is 74.7 Å². The highest BCUT2D eigenvalue weighted by molar-refractivity contribution is 7.25. The van der Waals surface area contributed by atoms with Crippen LogP contribution in [0.2, 0.25) is 54.4 Å². The summed E-state index contributed by atoms with van der Waals surface area (Å²) in [6.45, 7) is 43.8. The molecule has 0 aromatic heterocycles. The van der Waals surface area contributed by atoms with Crippen molar-refractivity contribution in [2.75, 3.05) is 12.8 Å². The normalized spacial score (nSPS) is 37.0. The molecule has 5 unspecified atom stereocenters. The summed E-state index contributed by atoms with van der Waals surface area (Å²) in [6, 6.07) is 0. The van der Waals surface area contributed by atoms with Crippen LogP contribution in [-0.4, -0.2) is 159 Å². The fraction of sp³-hybridized carbons (Fsp3) is 0.857. The third-order valence-electron chi connectivity index (χ3n) is 20.7. The quantitative estimate of drug-likeness (QED) is 0.0733. The molecule has 8 bridgehead atoms. The van der Waals surface area contributed by atoms with Gasteiger partial charge in [-0.1, -0.05) is 94.4 Å². The molecule has 0 radical (unpaired) electrons. The Labute approximate surface area is 510 Å². The molecule has 18 atom stereocenters. The molecule has 0 aliphatic carbocycles. The molecule has 16 nitrogen and oxygen atoms in total. The van der Waals surface area contributed by atoms with Crippen LogP contribution in [-0.2, 0) is 74.7 Å². The van der Waals surface area contributed by atoms with E-state index in [1.54, 1.807) is 13.0 Å². The lowest BCUT2D eigenvalue weighted by atomic mass is 9.80. The second kappa shape index (κ2) is 28.2. The van der Waals surface area contributed by atoms with E-state index < -0.39 is 110 Å². The van der Waals surface area contributed by atoms with E-state index in [1.807, 2.05) is 13.0 Å². The third kappa shape index (κ3) is 16.8. The van der Waals surface area contributed by atoms with Gasteiger partial charge < -0.3 is 51.2 Å². The molecule has 9 rings (SSSR count). The monoisotopic (exact) mass is 1260 g/mol. The summed E-state index contributed by atoms with van der Waals surface area (Å²) in [6.07, 6.45) is 1.26. The minimum atomic E-state index is -2.64. The number of hydrogen-bond acceptors (Lipinski definition) is 16. The first-order valence-corrected chi connectivity index (χ1v) is 42.2. The minimum absolute atomic E-state index is 0.0194. The summed E-state index contributed by atoms with van der Waals surface area (Å²) >= 11 is 0. The minimum Gasteiger partial charge on any atom is -0.461 e. The number of carbonyl (C=O) groups is 3.